The molecule has 2 heteroatoms. The van der Waals surface area contributed by atoms with Gasteiger partial charge in [-0.05, 0) is 31.2 Å². The molecule has 0 spiro atoms. The maximum Gasteiger partial charge on any atom is 0.0696 e. The summed E-state index contributed by atoms with van der Waals surface area (Å²) in [6.07, 6.45) is 3.65. The summed E-state index contributed by atoms with van der Waals surface area (Å²) in [7, 11) is 1.81. The van der Waals surface area contributed by atoms with Crippen molar-refractivity contribution < 1.29 is 4.74 Å². The van der Waals surface area contributed by atoms with E-state index in [1.54, 1.807) is 7.11 Å². The Morgan fingerprint density at radius 1 is 1.44 bits per heavy atom. The van der Waals surface area contributed by atoms with Gasteiger partial charge >= 0.3 is 0 Å². The molecule has 2 nitrogen and oxygen atoms in total. The Bertz CT molecular complexity index is 110. The number of hydrogen-bond donors (Lipinski definition) is 1. The topological polar surface area (TPSA) is 35.2 Å². The van der Waals surface area contributed by atoms with Crippen molar-refractivity contribution in [3.8, 4) is 0 Å². The Kier molecular flexibility index (Phi) is 0.837. The Balaban J connectivity index is 1.96. The molecule has 0 aromatic carbocycles. The molecule has 0 amide bonds. The van der Waals surface area contributed by atoms with E-state index < -0.39 is 0 Å². The van der Waals surface area contributed by atoms with Gasteiger partial charge in [0.15, 0.2) is 0 Å². The van der Waals surface area contributed by atoms with E-state index in [9.17, 15) is 0 Å². The lowest BCUT2D eigenvalue weighted by Crippen LogP contribution is -2.70. The summed E-state index contributed by atoms with van der Waals surface area (Å²) in [6.45, 7) is 0.859. The quantitative estimate of drug-likeness (QED) is 0.586. The fraction of sp³-hybridized carbons (Fsp3) is 1.00. The summed E-state index contributed by atoms with van der Waals surface area (Å²) >= 11 is 0. The molecule has 9 heavy (non-hydrogen) atoms. The summed E-state index contributed by atoms with van der Waals surface area (Å²) in [6, 6.07) is 0. The smallest absolute Gasteiger partial charge is 0.0696 e. The van der Waals surface area contributed by atoms with Crippen LogP contribution in [0.2, 0.25) is 0 Å². The summed E-state index contributed by atoms with van der Waals surface area (Å²) in [4.78, 5) is 0. The minimum absolute atomic E-state index is 0.291. The Morgan fingerprint density at radius 3 is 2.33 bits per heavy atom. The molecule has 0 atom stereocenters. The van der Waals surface area contributed by atoms with Crippen LogP contribution in [-0.4, -0.2) is 19.3 Å². The van der Waals surface area contributed by atoms with Crippen LogP contribution in [0.25, 0.3) is 0 Å². The second-order valence-corrected chi connectivity index (χ2v) is 3.62. The van der Waals surface area contributed by atoms with Crippen LogP contribution < -0.4 is 5.73 Å². The van der Waals surface area contributed by atoms with E-state index in [1.165, 1.54) is 19.3 Å². The standard InChI is InChI=1S/C7H13NO/c1-9-7-2-6(3-7,4-7)5-8/h2-5,8H2,1H3. The first-order chi connectivity index (χ1) is 4.24. The number of nitrogens with two attached hydrogens (primary N) is 1. The molecule has 3 aliphatic rings. The molecule has 3 aliphatic carbocycles. The monoisotopic (exact) mass is 127 g/mol. The van der Waals surface area contributed by atoms with E-state index in [4.69, 9.17) is 10.5 Å². The predicted molar refractivity (Wildman–Crippen MR) is 35.1 cm³/mol. The molecule has 2 N–H and O–H groups in total. The Hall–Kier alpha value is -0.0800. The third-order valence-electron chi connectivity index (χ3n) is 2.96. The van der Waals surface area contributed by atoms with Gasteiger partial charge in [0, 0.05) is 7.11 Å². The maximum absolute atomic E-state index is 5.56. The Morgan fingerprint density at radius 2 is 2.00 bits per heavy atom. The minimum Gasteiger partial charge on any atom is -0.378 e. The van der Waals surface area contributed by atoms with Gasteiger partial charge in [0.05, 0.1) is 5.60 Å². The summed E-state index contributed by atoms with van der Waals surface area (Å²) in [5, 5.41) is 0. The van der Waals surface area contributed by atoms with Crippen LogP contribution in [0.3, 0.4) is 0 Å². The lowest BCUT2D eigenvalue weighted by atomic mass is 9.41. The number of rotatable bonds is 2. The third kappa shape index (κ3) is 0.485. The van der Waals surface area contributed by atoms with Crippen LogP contribution in [0.15, 0.2) is 0 Å². The largest absolute Gasteiger partial charge is 0.378 e. The van der Waals surface area contributed by atoms with Gasteiger partial charge in [0.25, 0.3) is 0 Å². The summed E-state index contributed by atoms with van der Waals surface area (Å²) in [5.74, 6) is 0. The van der Waals surface area contributed by atoms with E-state index in [2.05, 4.69) is 0 Å². The molecule has 0 aliphatic heterocycles. The molecule has 3 saturated carbocycles. The highest BCUT2D eigenvalue weighted by Crippen LogP contribution is 2.68. The van der Waals surface area contributed by atoms with E-state index in [0.29, 0.717) is 11.0 Å². The van der Waals surface area contributed by atoms with Gasteiger partial charge in [-0.3, -0.25) is 0 Å². The lowest BCUT2D eigenvalue weighted by Gasteiger charge is -2.69. The molecule has 0 aromatic rings. The minimum atomic E-state index is 0.291. The predicted octanol–water partition coefficient (Wildman–Crippen LogP) is 0.514. The average molecular weight is 127 g/mol. The highest BCUT2D eigenvalue weighted by atomic mass is 16.5. The van der Waals surface area contributed by atoms with E-state index in [-0.39, 0.29) is 0 Å². The second-order valence-electron chi connectivity index (χ2n) is 3.62. The fourth-order valence-corrected chi connectivity index (χ4v) is 2.33. The van der Waals surface area contributed by atoms with Crippen molar-refractivity contribution in [2.75, 3.05) is 13.7 Å². The van der Waals surface area contributed by atoms with Crippen molar-refractivity contribution >= 4 is 0 Å². The molecule has 52 valence electrons. The van der Waals surface area contributed by atoms with Crippen LogP contribution in [-0.2, 0) is 4.74 Å². The van der Waals surface area contributed by atoms with Crippen LogP contribution in [0.4, 0.5) is 0 Å². The number of ether oxygens (including phenoxy) is 1. The molecule has 3 rings (SSSR count). The zero-order valence-electron chi connectivity index (χ0n) is 5.81. The molecule has 0 unspecified atom stereocenters. The first-order valence-electron chi connectivity index (χ1n) is 3.50. The summed E-state index contributed by atoms with van der Waals surface area (Å²) in [5.41, 5.74) is 6.38. The van der Waals surface area contributed by atoms with Crippen molar-refractivity contribution in [2.24, 2.45) is 11.1 Å². The zero-order chi connectivity index (χ0) is 6.54. The molecule has 0 saturated heterocycles. The molecule has 0 aromatic heterocycles. The first-order valence-corrected chi connectivity index (χ1v) is 3.50. The highest BCUT2D eigenvalue weighted by molar-refractivity contribution is 5.19. The van der Waals surface area contributed by atoms with Crippen molar-refractivity contribution in [1.29, 1.82) is 0 Å². The molecular weight excluding hydrogens is 114 g/mol. The molecule has 3 fully saturated rings. The Labute approximate surface area is 55.4 Å². The van der Waals surface area contributed by atoms with Crippen LogP contribution in [0.5, 0.6) is 0 Å². The van der Waals surface area contributed by atoms with Crippen molar-refractivity contribution in [1.82, 2.24) is 0 Å². The first kappa shape index (κ1) is 5.69. The van der Waals surface area contributed by atoms with Gasteiger partial charge in [-0.15, -0.1) is 0 Å². The maximum atomic E-state index is 5.56. The normalized spacial score (nSPS) is 54.0. The van der Waals surface area contributed by atoms with Gasteiger partial charge in [-0.2, -0.15) is 0 Å². The highest BCUT2D eigenvalue weighted by Gasteiger charge is 2.67. The summed E-state index contributed by atoms with van der Waals surface area (Å²) < 4.78 is 5.31. The van der Waals surface area contributed by atoms with E-state index in [1.807, 2.05) is 0 Å². The van der Waals surface area contributed by atoms with Gasteiger partial charge in [0.1, 0.15) is 0 Å². The molecule has 2 bridgehead atoms. The lowest BCUT2D eigenvalue weighted by molar-refractivity contribution is -0.268. The molecule has 0 radical (unpaired) electrons. The zero-order valence-corrected chi connectivity index (χ0v) is 5.81. The average Bonchev–Trinajstić information content (AvgIpc) is 1.62. The van der Waals surface area contributed by atoms with Crippen molar-refractivity contribution in [2.45, 2.75) is 24.9 Å². The molecular formula is C7H13NO. The van der Waals surface area contributed by atoms with Crippen molar-refractivity contribution in [3.05, 3.63) is 0 Å². The van der Waals surface area contributed by atoms with Gasteiger partial charge in [-0.1, -0.05) is 0 Å². The molecule has 0 heterocycles. The van der Waals surface area contributed by atoms with Gasteiger partial charge in [-0.25, -0.2) is 0 Å². The van der Waals surface area contributed by atoms with E-state index >= 15 is 0 Å². The number of hydrogen-bond acceptors (Lipinski definition) is 2. The number of methoxy groups -OCH3 is 1. The second kappa shape index (κ2) is 1.32. The van der Waals surface area contributed by atoms with E-state index in [0.717, 1.165) is 6.54 Å². The fourth-order valence-electron chi connectivity index (χ4n) is 2.33. The van der Waals surface area contributed by atoms with Crippen LogP contribution in [0, 0.1) is 5.41 Å². The third-order valence-corrected chi connectivity index (χ3v) is 2.96. The van der Waals surface area contributed by atoms with Crippen LogP contribution >= 0.6 is 0 Å². The van der Waals surface area contributed by atoms with Crippen molar-refractivity contribution in [3.63, 3.8) is 0 Å². The SMILES string of the molecule is COC12CC(CN)(C1)C2. The van der Waals surface area contributed by atoms with Gasteiger partial charge in [0.2, 0.25) is 0 Å². The van der Waals surface area contributed by atoms with Crippen LogP contribution in [0.1, 0.15) is 19.3 Å². The van der Waals surface area contributed by atoms with Gasteiger partial charge < -0.3 is 10.5 Å².